The first-order valence-corrected chi connectivity index (χ1v) is 6.77. The van der Waals surface area contributed by atoms with Crippen LogP contribution in [0.2, 0.25) is 0 Å². The highest BCUT2D eigenvalue weighted by molar-refractivity contribution is 5.96. The van der Waals surface area contributed by atoms with Crippen LogP contribution < -0.4 is 5.32 Å². The van der Waals surface area contributed by atoms with Crippen molar-refractivity contribution in [2.45, 2.75) is 37.8 Å². The smallest absolute Gasteiger partial charge is 0.247 e. The molecule has 4 nitrogen and oxygen atoms in total. The van der Waals surface area contributed by atoms with Gasteiger partial charge in [-0.2, -0.15) is 0 Å². The summed E-state index contributed by atoms with van der Waals surface area (Å²) in [7, 11) is 0. The van der Waals surface area contributed by atoms with E-state index < -0.39 is 6.04 Å². The van der Waals surface area contributed by atoms with Gasteiger partial charge < -0.3 is 10.2 Å². The molecule has 1 atom stereocenters. The van der Waals surface area contributed by atoms with Crippen molar-refractivity contribution in [3.05, 3.63) is 35.9 Å². The van der Waals surface area contributed by atoms with E-state index in [2.05, 4.69) is 12.2 Å². The first-order valence-electron chi connectivity index (χ1n) is 6.77. The molecule has 3 rings (SSSR count). The predicted molar refractivity (Wildman–Crippen MR) is 71.3 cm³/mol. The van der Waals surface area contributed by atoms with Gasteiger partial charge in [-0.3, -0.25) is 9.59 Å². The van der Waals surface area contributed by atoms with Crippen molar-refractivity contribution < 1.29 is 9.59 Å². The summed E-state index contributed by atoms with van der Waals surface area (Å²) in [5, 5.41) is 2.70. The maximum Gasteiger partial charge on any atom is 0.247 e. The molecule has 1 aliphatic carbocycles. The average Bonchev–Trinajstić information content (AvgIpc) is 2.39. The van der Waals surface area contributed by atoms with Crippen molar-refractivity contribution in [2.24, 2.45) is 0 Å². The number of carbonyl (C=O) groups excluding carboxylic acids is 2. The second-order valence-corrected chi connectivity index (χ2v) is 5.65. The second kappa shape index (κ2) is 4.37. The molecule has 0 aromatic heterocycles. The molecule has 0 radical (unpaired) electrons. The summed E-state index contributed by atoms with van der Waals surface area (Å²) in [5.41, 5.74) is 0.733. The fourth-order valence-electron chi connectivity index (χ4n) is 3.08. The summed E-state index contributed by atoms with van der Waals surface area (Å²) < 4.78 is 0. The molecule has 2 fully saturated rings. The zero-order valence-electron chi connectivity index (χ0n) is 11.1. The Labute approximate surface area is 112 Å². The molecule has 1 N–H and O–H groups in total. The van der Waals surface area contributed by atoms with E-state index in [9.17, 15) is 9.59 Å². The van der Waals surface area contributed by atoms with Crippen LogP contribution in [-0.4, -0.2) is 28.8 Å². The Morgan fingerprint density at radius 3 is 2.47 bits per heavy atom. The first kappa shape index (κ1) is 12.2. The minimum absolute atomic E-state index is 0.0238. The van der Waals surface area contributed by atoms with E-state index >= 15 is 0 Å². The third-order valence-electron chi connectivity index (χ3n) is 4.32. The molecule has 1 saturated heterocycles. The van der Waals surface area contributed by atoms with Crippen molar-refractivity contribution in [1.82, 2.24) is 10.2 Å². The molecule has 4 heteroatoms. The Hall–Kier alpha value is -1.84. The molecule has 1 unspecified atom stereocenters. The Morgan fingerprint density at radius 2 is 1.89 bits per heavy atom. The van der Waals surface area contributed by atoms with E-state index in [0.29, 0.717) is 0 Å². The van der Waals surface area contributed by atoms with Gasteiger partial charge in [-0.25, -0.2) is 0 Å². The Bertz CT molecular complexity index is 508. The highest BCUT2D eigenvalue weighted by Gasteiger charge is 2.48. The molecule has 1 aromatic rings. The van der Waals surface area contributed by atoms with Crippen LogP contribution in [0.4, 0.5) is 0 Å². The largest absolute Gasteiger partial charge is 0.345 e. The van der Waals surface area contributed by atoms with E-state index in [0.717, 1.165) is 24.8 Å². The van der Waals surface area contributed by atoms with Gasteiger partial charge in [0.2, 0.25) is 11.8 Å². The van der Waals surface area contributed by atoms with Crippen LogP contribution in [-0.2, 0) is 9.59 Å². The van der Waals surface area contributed by atoms with Gasteiger partial charge in [0.05, 0.1) is 6.54 Å². The van der Waals surface area contributed by atoms with Gasteiger partial charge in [0.15, 0.2) is 0 Å². The first-order chi connectivity index (χ1) is 9.12. The molecule has 2 amide bonds. The van der Waals surface area contributed by atoms with Crippen LogP contribution >= 0.6 is 0 Å². The summed E-state index contributed by atoms with van der Waals surface area (Å²) in [5.74, 6) is -0.0467. The van der Waals surface area contributed by atoms with E-state index in [1.807, 2.05) is 35.2 Å². The van der Waals surface area contributed by atoms with Crippen LogP contribution in [0.15, 0.2) is 30.3 Å². The lowest BCUT2D eigenvalue weighted by atomic mass is 9.75. The highest BCUT2D eigenvalue weighted by Crippen LogP contribution is 2.42. The minimum Gasteiger partial charge on any atom is -0.345 e. The molecule has 1 aromatic carbocycles. The number of nitrogens with zero attached hydrogens (tertiary/aromatic N) is 1. The molecular formula is C15H18N2O2. The third-order valence-corrected chi connectivity index (χ3v) is 4.32. The Kier molecular flexibility index (Phi) is 2.81. The lowest BCUT2D eigenvalue weighted by Gasteiger charge is -2.52. The van der Waals surface area contributed by atoms with Crippen molar-refractivity contribution in [1.29, 1.82) is 0 Å². The molecule has 1 aliphatic heterocycles. The maximum absolute atomic E-state index is 12.3. The van der Waals surface area contributed by atoms with Crippen LogP contribution in [0.5, 0.6) is 0 Å². The highest BCUT2D eigenvalue weighted by atomic mass is 16.2. The van der Waals surface area contributed by atoms with Crippen molar-refractivity contribution in [3.8, 4) is 0 Å². The second-order valence-electron chi connectivity index (χ2n) is 5.65. The van der Waals surface area contributed by atoms with Gasteiger partial charge >= 0.3 is 0 Å². The number of nitrogens with one attached hydrogen (secondary N) is 1. The monoisotopic (exact) mass is 258 g/mol. The molecule has 1 heterocycles. The Balaban J connectivity index is 2.01. The summed E-state index contributed by atoms with van der Waals surface area (Å²) >= 11 is 0. The van der Waals surface area contributed by atoms with Crippen molar-refractivity contribution in [2.75, 3.05) is 6.54 Å². The maximum atomic E-state index is 12.3. The third kappa shape index (κ3) is 1.91. The molecular weight excluding hydrogens is 240 g/mol. The number of hydrogen-bond acceptors (Lipinski definition) is 2. The normalized spacial score (nSPS) is 25.7. The molecule has 100 valence electrons. The van der Waals surface area contributed by atoms with Gasteiger partial charge in [-0.1, -0.05) is 30.3 Å². The van der Waals surface area contributed by atoms with Gasteiger partial charge in [-0.05, 0) is 31.7 Å². The summed E-state index contributed by atoms with van der Waals surface area (Å²) in [6.07, 6.45) is 3.09. The Morgan fingerprint density at radius 1 is 1.21 bits per heavy atom. The lowest BCUT2D eigenvalue weighted by molar-refractivity contribution is -0.157. The minimum atomic E-state index is -0.479. The number of rotatable bonds is 2. The van der Waals surface area contributed by atoms with Gasteiger partial charge in [-0.15, -0.1) is 0 Å². The van der Waals surface area contributed by atoms with Gasteiger partial charge in [0, 0.05) is 5.54 Å². The van der Waals surface area contributed by atoms with Crippen LogP contribution in [0.3, 0.4) is 0 Å². The van der Waals surface area contributed by atoms with Crippen LogP contribution in [0.25, 0.3) is 0 Å². The van der Waals surface area contributed by atoms with Crippen molar-refractivity contribution >= 4 is 11.8 Å². The SMILES string of the molecule is CC1(N2C(=O)CNC(=O)C2c2ccccc2)CCC1. The number of piperazine rings is 1. The fourth-order valence-corrected chi connectivity index (χ4v) is 3.08. The number of hydrogen-bond donors (Lipinski definition) is 1. The molecule has 19 heavy (non-hydrogen) atoms. The van der Waals surface area contributed by atoms with Crippen molar-refractivity contribution in [3.63, 3.8) is 0 Å². The zero-order valence-corrected chi connectivity index (χ0v) is 11.1. The van der Waals surface area contributed by atoms with Crippen LogP contribution in [0, 0.1) is 0 Å². The van der Waals surface area contributed by atoms with E-state index in [-0.39, 0.29) is 23.9 Å². The molecule has 0 spiro atoms. The number of carbonyl (C=O) groups is 2. The number of amides is 2. The van der Waals surface area contributed by atoms with Crippen LogP contribution in [0.1, 0.15) is 37.8 Å². The lowest BCUT2D eigenvalue weighted by Crippen LogP contribution is -2.63. The fraction of sp³-hybridized carbons (Fsp3) is 0.467. The summed E-state index contributed by atoms with van der Waals surface area (Å²) in [6.45, 7) is 2.21. The van der Waals surface area contributed by atoms with Gasteiger partial charge in [0.1, 0.15) is 6.04 Å². The average molecular weight is 258 g/mol. The topological polar surface area (TPSA) is 49.4 Å². The molecule has 2 aliphatic rings. The van der Waals surface area contributed by atoms with E-state index in [4.69, 9.17) is 0 Å². The quantitative estimate of drug-likeness (QED) is 0.876. The van der Waals surface area contributed by atoms with Gasteiger partial charge in [0.25, 0.3) is 0 Å². The summed E-state index contributed by atoms with van der Waals surface area (Å²) in [4.78, 5) is 26.3. The zero-order chi connectivity index (χ0) is 13.5. The van der Waals surface area contributed by atoms with E-state index in [1.54, 1.807) is 0 Å². The summed E-state index contributed by atoms with van der Waals surface area (Å²) in [6, 6.07) is 9.08. The molecule has 0 bridgehead atoms. The number of benzene rings is 1. The predicted octanol–water partition coefficient (Wildman–Crippen LogP) is 1.63. The molecule has 1 saturated carbocycles. The van der Waals surface area contributed by atoms with E-state index in [1.165, 1.54) is 0 Å². The standard InChI is InChI=1S/C15H18N2O2/c1-15(8-5-9-15)17-12(18)10-16-14(19)13(17)11-6-3-2-4-7-11/h2-4,6-7,13H,5,8-10H2,1H3,(H,16,19).